The van der Waals surface area contributed by atoms with Gasteiger partial charge in [0, 0.05) is 18.7 Å². The van der Waals surface area contributed by atoms with Crippen LogP contribution in [0.5, 0.6) is 11.5 Å². The Bertz CT molecular complexity index is 531. The van der Waals surface area contributed by atoms with Gasteiger partial charge in [-0.25, -0.2) is 0 Å². The van der Waals surface area contributed by atoms with Crippen LogP contribution in [0.25, 0.3) is 0 Å². The highest BCUT2D eigenvalue weighted by Gasteiger charge is 2.26. The summed E-state index contributed by atoms with van der Waals surface area (Å²) in [6.45, 7) is 4.69. The number of ether oxygens (including phenoxy) is 1. The van der Waals surface area contributed by atoms with E-state index >= 15 is 0 Å². The van der Waals surface area contributed by atoms with E-state index in [1.807, 2.05) is 0 Å². The van der Waals surface area contributed by atoms with Crippen molar-refractivity contribution in [1.29, 1.82) is 0 Å². The Kier molecular flexibility index (Phi) is 7.28. The molecular weight excluding hydrogens is 312 g/mol. The molecule has 0 unspecified atom stereocenters. The molecule has 24 heavy (non-hydrogen) atoms. The third-order valence-corrected chi connectivity index (χ3v) is 4.37. The molecule has 1 aliphatic carbocycles. The van der Waals surface area contributed by atoms with E-state index in [1.165, 1.54) is 12.8 Å². The van der Waals surface area contributed by atoms with Crippen molar-refractivity contribution in [2.75, 3.05) is 13.7 Å². The van der Waals surface area contributed by atoms with Gasteiger partial charge in [-0.3, -0.25) is 0 Å². The van der Waals surface area contributed by atoms with Crippen molar-refractivity contribution in [3.63, 3.8) is 0 Å². The van der Waals surface area contributed by atoms with Gasteiger partial charge in [0.15, 0.2) is 11.5 Å². The standard InChI is InChI=1S/C16H21F2NO2.C3H8/c1-19(12-7-3-2-4-8-12)21-13-10-11-6-5-9-20-16(11)15(18)14(13)17;1-3-2/h10,12H,2-9H2,1H3;3H2,1-2H3. The van der Waals surface area contributed by atoms with E-state index in [9.17, 15) is 8.78 Å². The van der Waals surface area contributed by atoms with Crippen molar-refractivity contribution in [1.82, 2.24) is 5.06 Å². The average Bonchev–Trinajstić information content (AvgIpc) is 2.61. The van der Waals surface area contributed by atoms with E-state index in [0.29, 0.717) is 18.6 Å². The molecule has 3 nitrogen and oxygen atoms in total. The van der Waals surface area contributed by atoms with Gasteiger partial charge in [0.05, 0.1) is 6.61 Å². The Morgan fingerprint density at radius 3 is 2.46 bits per heavy atom. The Labute approximate surface area is 143 Å². The van der Waals surface area contributed by atoms with E-state index in [1.54, 1.807) is 18.2 Å². The van der Waals surface area contributed by atoms with Gasteiger partial charge in [0.25, 0.3) is 0 Å². The summed E-state index contributed by atoms with van der Waals surface area (Å²) < 4.78 is 33.4. The van der Waals surface area contributed by atoms with Gasteiger partial charge in [-0.1, -0.05) is 39.5 Å². The summed E-state index contributed by atoms with van der Waals surface area (Å²) in [4.78, 5) is 5.59. The molecule has 1 aromatic carbocycles. The molecule has 5 heteroatoms. The van der Waals surface area contributed by atoms with Gasteiger partial charge in [0.2, 0.25) is 11.6 Å². The molecule has 2 aliphatic rings. The van der Waals surface area contributed by atoms with Gasteiger partial charge >= 0.3 is 0 Å². The highest BCUT2D eigenvalue weighted by molar-refractivity contribution is 5.43. The lowest BCUT2D eigenvalue weighted by molar-refractivity contribution is -0.0838. The summed E-state index contributed by atoms with van der Waals surface area (Å²) in [6, 6.07) is 1.85. The third kappa shape index (κ3) is 4.59. The minimum atomic E-state index is -0.960. The second-order valence-electron chi connectivity index (χ2n) is 6.58. The average molecular weight is 341 g/mol. The molecule has 0 aromatic heterocycles. The first-order valence-corrected chi connectivity index (χ1v) is 9.12. The first kappa shape index (κ1) is 19.0. The second-order valence-corrected chi connectivity index (χ2v) is 6.58. The lowest BCUT2D eigenvalue weighted by Crippen LogP contribution is -2.36. The van der Waals surface area contributed by atoms with Crippen LogP contribution in [0.4, 0.5) is 8.78 Å². The lowest BCUT2D eigenvalue weighted by atomic mass is 9.95. The van der Waals surface area contributed by atoms with Gasteiger partial charge in [-0.15, -0.1) is 5.06 Å². The zero-order chi connectivity index (χ0) is 17.5. The fraction of sp³-hybridized carbons (Fsp3) is 0.684. The minimum Gasteiger partial charge on any atom is -0.490 e. The first-order chi connectivity index (χ1) is 11.6. The molecule has 0 N–H and O–H groups in total. The minimum absolute atomic E-state index is 0.0372. The quantitative estimate of drug-likeness (QED) is 0.700. The van der Waals surface area contributed by atoms with E-state index in [2.05, 4.69) is 13.8 Å². The molecule has 1 saturated carbocycles. The number of hydrogen-bond donors (Lipinski definition) is 0. The Hall–Kier alpha value is -1.36. The first-order valence-electron chi connectivity index (χ1n) is 9.12. The van der Waals surface area contributed by atoms with E-state index in [4.69, 9.17) is 9.57 Å². The van der Waals surface area contributed by atoms with Gasteiger partial charge in [-0.05, 0) is 31.7 Å². The summed E-state index contributed by atoms with van der Waals surface area (Å²) in [7, 11) is 1.79. The van der Waals surface area contributed by atoms with Gasteiger partial charge < -0.3 is 9.57 Å². The number of hydrogen-bond acceptors (Lipinski definition) is 3. The number of nitrogens with zero attached hydrogens (tertiary/aromatic N) is 1. The smallest absolute Gasteiger partial charge is 0.207 e. The van der Waals surface area contributed by atoms with Crippen LogP contribution in [-0.2, 0) is 6.42 Å². The van der Waals surface area contributed by atoms with Crippen molar-refractivity contribution >= 4 is 0 Å². The topological polar surface area (TPSA) is 21.7 Å². The molecule has 136 valence electrons. The van der Waals surface area contributed by atoms with Crippen molar-refractivity contribution in [2.45, 2.75) is 71.3 Å². The SMILES string of the molecule is CCC.CN(Oc1cc2c(c(F)c1F)OCCC2)C1CCCCC1. The summed E-state index contributed by atoms with van der Waals surface area (Å²) in [6.07, 6.45) is 8.39. The molecule has 1 aliphatic heterocycles. The van der Waals surface area contributed by atoms with E-state index in [0.717, 1.165) is 32.1 Å². The van der Waals surface area contributed by atoms with Crippen LogP contribution in [0, 0.1) is 11.6 Å². The molecule has 1 aromatic rings. The van der Waals surface area contributed by atoms with E-state index < -0.39 is 11.6 Å². The maximum absolute atomic E-state index is 14.1. The summed E-state index contributed by atoms with van der Waals surface area (Å²) in [5, 5.41) is 1.67. The Morgan fingerprint density at radius 2 is 1.79 bits per heavy atom. The summed E-state index contributed by atoms with van der Waals surface area (Å²) in [5.41, 5.74) is 0.687. The molecular formula is C19H29F2NO2. The predicted molar refractivity (Wildman–Crippen MR) is 91.4 cm³/mol. The van der Waals surface area contributed by atoms with Gasteiger partial charge in [-0.2, -0.15) is 8.78 Å². The van der Waals surface area contributed by atoms with Crippen molar-refractivity contribution in [3.8, 4) is 11.5 Å². The normalized spacial score (nSPS) is 17.6. The van der Waals surface area contributed by atoms with Crippen LogP contribution < -0.4 is 9.57 Å². The van der Waals surface area contributed by atoms with Crippen molar-refractivity contribution in [2.24, 2.45) is 0 Å². The number of aryl methyl sites for hydroxylation is 1. The van der Waals surface area contributed by atoms with Crippen molar-refractivity contribution < 1.29 is 18.4 Å². The molecule has 0 radical (unpaired) electrons. The molecule has 3 rings (SSSR count). The molecule has 0 spiro atoms. The Balaban J connectivity index is 0.000000647. The zero-order valence-corrected chi connectivity index (χ0v) is 15.0. The van der Waals surface area contributed by atoms with Crippen LogP contribution >= 0.6 is 0 Å². The maximum atomic E-state index is 14.1. The fourth-order valence-corrected chi connectivity index (χ4v) is 3.16. The van der Waals surface area contributed by atoms with E-state index in [-0.39, 0.29) is 17.5 Å². The van der Waals surface area contributed by atoms with Crippen LogP contribution in [0.2, 0.25) is 0 Å². The summed E-state index contributed by atoms with van der Waals surface area (Å²) >= 11 is 0. The fourth-order valence-electron chi connectivity index (χ4n) is 3.16. The zero-order valence-electron chi connectivity index (χ0n) is 15.0. The van der Waals surface area contributed by atoms with Crippen molar-refractivity contribution in [3.05, 3.63) is 23.3 Å². The lowest BCUT2D eigenvalue weighted by Gasteiger charge is -2.31. The highest BCUT2D eigenvalue weighted by Crippen LogP contribution is 2.35. The number of fused-ring (bicyclic) bond motifs is 1. The van der Waals surface area contributed by atoms with Crippen LogP contribution in [0.1, 0.15) is 64.4 Å². The highest BCUT2D eigenvalue weighted by atomic mass is 19.2. The molecule has 1 heterocycles. The number of hydroxylamine groups is 2. The monoisotopic (exact) mass is 341 g/mol. The predicted octanol–water partition coefficient (Wildman–Crippen LogP) is 5.26. The largest absolute Gasteiger partial charge is 0.490 e. The maximum Gasteiger partial charge on any atom is 0.207 e. The van der Waals surface area contributed by atoms with Crippen LogP contribution in [-0.4, -0.2) is 24.8 Å². The van der Waals surface area contributed by atoms with Crippen LogP contribution in [0.15, 0.2) is 6.07 Å². The molecule has 1 fully saturated rings. The Morgan fingerprint density at radius 1 is 1.12 bits per heavy atom. The number of rotatable bonds is 3. The second kappa shape index (κ2) is 9.21. The number of halogens is 2. The van der Waals surface area contributed by atoms with Gasteiger partial charge in [0.1, 0.15) is 0 Å². The molecule has 0 atom stereocenters. The molecule has 0 bridgehead atoms. The third-order valence-electron chi connectivity index (χ3n) is 4.37. The van der Waals surface area contributed by atoms with Crippen LogP contribution in [0.3, 0.4) is 0 Å². The molecule has 0 saturated heterocycles. The number of benzene rings is 1. The molecule has 0 amide bonds. The summed E-state index contributed by atoms with van der Waals surface area (Å²) in [5.74, 6) is -1.88.